The van der Waals surface area contributed by atoms with Crippen LogP contribution in [-0.4, -0.2) is 79.9 Å². The number of nitrogens with two attached hydrogens (primary N) is 1. The number of aliphatic carboxylic acids is 3. The minimum absolute atomic E-state index is 0.335. The summed E-state index contributed by atoms with van der Waals surface area (Å²) in [5.74, 6) is -5.35. The summed E-state index contributed by atoms with van der Waals surface area (Å²) in [5.41, 5.74) is 6.89. The van der Waals surface area contributed by atoms with Crippen LogP contribution in [0.25, 0.3) is 10.9 Å². The van der Waals surface area contributed by atoms with E-state index in [2.05, 4.69) is 30.2 Å². The Labute approximate surface area is 177 Å². The maximum atomic E-state index is 11.6. The Kier molecular flexibility index (Phi) is 7.03. The number of carbonyl (C=O) groups is 4. The number of aromatic nitrogens is 1. The van der Waals surface area contributed by atoms with Gasteiger partial charge in [0, 0.05) is 28.7 Å². The molecule has 168 valence electrons. The van der Waals surface area contributed by atoms with Crippen LogP contribution in [0, 0.1) is 0 Å². The molecule has 0 fully saturated rings. The summed E-state index contributed by atoms with van der Waals surface area (Å²) < 4.78 is 0. The van der Waals surface area contributed by atoms with E-state index < -0.39 is 36.4 Å². The molecule has 0 saturated carbocycles. The van der Waals surface area contributed by atoms with Crippen LogP contribution < -0.4 is 5.73 Å². The van der Waals surface area contributed by atoms with Gasteiger partial charge in [-0.25, -0.2) is 4.79 Å². The van der Waals surface area contributed by atoms with E-state index in [1.165, 1.54) is 10.9 Å². The topological polar surface area (TPSA) is 194 Å². The molecule has 1 aliphatic carbocycles. The number of likely N-dealkylation sites (N-methyl/N-ethyl adjacent to an activating group) is 1. The molecule has 1 aromatic heterocycles. The molecule has 0 aliphatic heterocycles. The normalized spacial score (nSPS) is 15.3. The van der Waals surface area contributed by atoms with Crippen molar-refractivity contribution in [2.24, 2.45) is 5.73 Å². The molecule has 3 rings (SSSR count). The molecule has 31 heavy (non-hydrogen) atoms. The van der Waals surface area contributed by atoms with Crippen molar-refractivity contribution in [3.63, 3.8) is 0 Å². The van der Waals surface area contributed by atoms with Crippen molar-refractivity contribution in [1.29, 1.82) is 0 Å². The van der Waals surface area contributed by atoms with Crippen LogP contribution in [0.2, 0.25) is 0 Å². The van der Waals surface area contributed by atoms with Crippen molar-refractivity contribution >= 4 is 34.7 Å². The Morgan fingerprint density at radius 2 is 1.68 bits per heavy atom. The van der Waals surface area contributed by atoms with Crippen LogP contribution in [0.15, 0.2) is 18.3 Å². The first kappa shape index (κ1) is 23.8. The van der Waals surface area contributed by atoms with E-state index in [1.54, 1.807) is 0 Å². The first-order chi connectivity index (χ1) is 14.4. The minimum atomic E-state index is -2.74. The summed E-state index contributed by atoms with van der Waals surface area (Å²) >= 11 is 0. The molecule has 1 atom stereocenters. The summed E-state index contributed by atoms with van der Waals surface area (Å²) in [6.45, 7) is 0. The number of primary amides is 1. The van der Waals surface area contributed by atoms with Gasteiger partial charge in [-0.2, -0.15) is 0 Å². The molecule has 7 N–H and O–H groups in total. The fourth-order valence-electron chi connectivity index (χ4n) is 3.62. The van der Waals surface area contributed by atoms with Crippen molar-refractivity contribution < 1.29 is 39.6 Å². The molecule has 11 heteroatoms. The smallest absolute Gasteiger partial charge is 0.336 e. The number of nitrogens with one attached hydrogen (secondary N) is 1. The summed E-state index contributed by atoms with van der Waals surface area (Å²) in [5, 5.41) is 35.0. The molecule has 1 aromatic carbocycles. The number of rotatable bonds is 7. The average Bonchev–Trinajstić information content (AvgIpc) is 3.05. The Balaban J connectivity index is 0.000000235. The minimum Gasteiger partial charge on any atom is -0.481 e. The standard InChI is InChI=1S/C14H17N3O.C6H8O7/c1-17(2)9-5-8-7-16-12-4-3-10(14(15)18)11(6-9)13(8)12;7-3(8)1-6(13,5(11)12)2-4(9)10/h3-4,7,9,16H,5-6H2,1-2H3,(H2,15,18);13H,1-2H2,(H,7,8)(H,9,10)(H,11,12). The predicted molar refractivity (Wildman–Crippen MR) is 109 cm³/mol. The Morgan fingerprint density at radius 3 is 2.13 bits per heavy atom. The lowest BCUT2D eigenvalue weighted by molar-refractivity contribution is -0.170. The van der Waals surface area contributed by atoms with Gasteiger partial charge in [0.1, 0.15) is 0 Å². The van der Waals surface area contributed by atoms with Crippen molar-refractivity contribution in [1.82, 2.24) is 9.88 Å². The highest BCUT2D eigenvalue weighted by atomic mass is 16.4. The van der Waals surface area contributed by atoms with Crippen molar-refractivity contribution in [3.05, 3.63) is 35.0 Å². The molecule has 0 saturated heterocycles. The molecule has 0 radical (unpaired) electrons. The zero-order valence-corrected chi connectivity index (χ0v) is 17.1. The van der Waals surface area contributed by atoms with Crippen LogP contribution >= 0.6 is 0 Å². The van der Waals surface area contributed by atoms with Crippen molar-refractivity contribution in [2.75, 3.05) is 14.1 Å². The van der Waals surface area contributed by atoms with E-state index in [0.29, 0.717) is 11.6 Å². The maximum absolute atomic E-state index is 11.6. The molecule has 1 aliphatic rings. The van der Waals surface area contributed by atoms with Crippen LogP contribution in [-0.2, 0) is 27.2 Å². The molecule has 1 heterocycles. The first-order valence-electron chi connectivity index (χ1n) is 9.33. The number of aromatic amines is 1. The second-order valence-corrected chi connectivity index (χ2v) is 7.70. The fraction of sp³-hybridized carbons (Fsp3) is 0.400. The van der Waals surface area contributed by atoms with E-state index >= 15 is 0 Å². The van der Waals surface area contributed by atoms with Gasteiger partial charge in [0.25, 0.3) is 0 Å². The summed E-state index contributed by atoms with van der Waals surface area (Å²) in [6.07, 6.45) is 1.66. The highest BCUT2D eigenvalue weighted by Gasteiger charge is 2.40. The lowest BCUT2D eigenvalue weighted by atomic mass is 9.86. The number of carbonyl (C=O) groups excluding carboxylic acids is 1. The van der Waals surface area contributed by atoms with Gasteiger partial charge in [0.2, 0.25) is 5.91 Å². The highest BCUT2D eigenvalue weighted by molar-refractivity contribution is 6.01. The number of carboxylic acids is 3. The third kappa shape index (κ3) is 5.38. The monoisotopic (exact) mass is 435 g/mol. The van der Waals surface area contributed by atoms with Crippen LogP contribution in [0.3, 0.4) is 0 Å². The predicted octanol–water partition coefficient (Wildman–Crippen LogP) is 0.0471. The van der Waals surface area contributed by atoms with Gasteiger partial charge in [-0.1, -0.05) is 0 Å². The molecular weight excluding hydrogens is 410 g/mol. The van der Waals surface area contributed by atoms with Crippen molar-refractivity contribution in [3.8, 4) is 0 Å². The number of benzene rings is 1. The first-order valence-corrected chi connectivity index (χ1v) is 9.33. The number of carboxylic acid groups (broad SMARTS) is 3. The zero-order chi connectivity index (χ0) is 23.5. The lowest BCUT2D eigenvalue weighted by Gasteiger charge is -2.29. The van der Waals surface area contributed by atoms with Gasteiger partial charge in [0.15, 0.2) is 5.60 Å². The van der Waals surface area contributed by atoms with Gasteiger partial charge in [-0.3, -0.25) is 14.4 Å². The van der Waals surface area contributed by atoms with Crippen molar-refractivity contribution in [2.45, 2.75) is 37.3 Å². The number of amides is 1. The van der Waals surface area contributed by atoms with Gasteiger partial charge >= 0.3 is 17.9 Å². The quantitative estimate of drug-likeness (QED) is 0.348. The van der Waals surface area contributed by atoms with E-state index in [-0.39, 0.29) is 5.91 Å². The van der Waals surface area contributed by atoms with Gasteiger partial charge in [-0.05, 0) is 50.2 Å². The average molecular weight is 435 g/mol. The largest absolute Gasteiger partial charge is 0.481 e. The molecule has 1 amide bonds. The van der Waals surface area contributed by atoms with Gasteiger partial charge in [0.05, 0.1) is 12.8 Å². The van der Waals surface area contributed by atoms with E-state index in [4.69, 9.17) is 26.2 Å². The lowest BCUT2D eigenvalue weighted by Crippen LogP contribution is -2.42. The van der Waals surface area contributed by atoms with Crippen LogP contribution in [0.5, 0.6) is 0 Å². The zero-order valence-electron chi connectivity index (χ0n) is 17.1. The SMILES string of the molecule is CN(C)C1Cc2c[nH]c3ccc(C(N)=O)c(c23)C1.O=C(O)CC(O)(CC(=O)O)C(=O)O. The number of nitrogens with zero attached hydrogens (tertiary/aromatic N) is 1. The maximum Gasteiger partial charge on any atom is 0.336 e. The number of hydrogen-bond acceptors (Lipinski definition) is 6. The summed E-state index contributed by atoms with van der Waals surface area (Å²) in [4.78, 5) is 47.5. The van der Waals surface area contributed by atoms with E-state index in [0.717, 1.165) is 23.9 Å². The number of H-pyrrole nitrogens is 1. The Bertz CT molecular complexity index is 1010. The summed E-state index contributed by atoms with van der Waals surface area (Å²) in [6, 6.07) is 4.20. The molecule has 1 unspecified atom stereocenters. The third-order valence-corrected chi connectivity index (χ3v) is 5.21. The second-order valence-electron chi connectivity index (χ2n) is 7.70. The molecule has 0 bridgehead atoms. The van der Waals surface area contributed by atoms with E-state index in [9.17, 15) is 19.2 Å². The molecule has 2 aromatic rings. The number of hydrogen-bond donors (Lipinski definition) is 6. The molecular formula is C20H25N3O8. The van der Waals surface area contributed by atoms with Crippen LogP contribution in [0.1, 0.15) is 34.3 Å². The van der Waals surface area contributed by atoms with Crippen LogP contribution in [0.4, 0.5) is 0 Å². The van der Waals surface area contributed by atoms with E-state index in [1.807, 2.05) is 12.1 Å². The van der Waals surface area contributed by atoms with Gasteiger partial charge < -0.3 is 36.0 Å². The second kappa shape index (κ2) is 9.14. The van der Waals surface area contributed by atoms with Gasteiger partial charge in [-0.15, -0.1) is 0 Å². The molecule has 0 spiro atoms. The molecule has 11 nitrogen and oxygen atoms in total. The highest BCUT2D eigenvalue weighted by Crippen LogP contribution is 2.33. The Morgan fingerprint density at radius 1 is 1.10 bits per heavy atom. The fourth-order valence-corrected chi connectivity index (χ4v) is 3.62. The number of aliphatic hydroxyl groups is 1. The Hall–Kier alpha value is -3.44. The third-order valence-electron chi connectivity index (χ3n) is 5.21. The summed E-state index contributed by atoms with van der Waals surface area (Å²) in [7, 11) is 4.15.